The number of aliphatic carboxylic acids is 2. The molecule has 0 aliphatic heterocycles. The normalized spacial score (nSPS) is 9.08. The molecule has 0 aliphatic rings. The number of carboxylic acid groups (broad SMARTS) is 2. The average Bonchev–Trinajstić information content (AvgIpc) is 2.63. The summed E-state index contributed by atoms with van der Waals surface area (Å²) in [7, 11) is 0. The Morgan fingerprint density at radius 1 is 0.731 bits per heavy atom. The zero-order valence-corrected chi connectivity index (χ0v) is 15.5. The van der Waals surface area contributed by atoms with Crippen molar-refractivity contribution in [2.24, 2.45) is 0 Å². The van der Waals surface area contributed by atoms with Crippen LogP contribution in [0.3, 0.4) is 0 Å². The van der Waals surface area contributed by atoms with E-state index in [9.17, 15) is 9.59 Å². The molecule has 0 saturated heterocycles. The summed E-state index contributed by atoms with van der Waals surface area (Å²) in [6, 6.07) is 21.2. The largest absolute Gasteiger partial charge is 0.478 e. The first kappa shape index (κ1) is 22.9. The first-order chi connectivity index (χ1) is 12.2. The Kier molecular flexibility index (Phi) is 10.8. The van der Waals surface area contributed by atoms with Crippen LogP contribution in [-0.2, 0) is 9.59 Å². The Hall–Kier alpha value is -3.14. The van der Waals surface area contributed by atoms with Gasteiger partial charge in [0.25, 0.3) is 0 Å². The van der Waals surface area contributed by atoms with Gasteiger partial charge in [-0.2, -0.15) is 0 Å². The van der Waals surface area contributed by atoms with Gasteiger partial charge in [-0.3, -0.25) is 0 Å². The third-order valence-electron chi connectivity index (χ3n) is 3.33. The molecule has 138 valence electrons. The van der Waals surface area contributed by atoms with E-state index >= 15 is 0 Å². The summed E-state index contributed by atoms with van der Waals surface area (Å²) in [5, 5.41) is 15.8. The molecule has 0 aromatic heterocycles. The highest BCUT2D eigenvalue weighted by Gasteiger charge is 2.05. The van der Waals surface area contributed by atoms with Gasteiger partial charge in [-0.1, -0.05) is 80.7 Å². The lowest BCUT2D eigenvalue weighted by atomic mass is 9.93. The van der Waals surface area contributed by atoms with E-state index < -0.39 is 11.9 Å². The Morgan fingerprint density at radius 3 is 1.15 bits per heavy atom. The predicted molar refractivity (Wildman–Crippen MR) is 105 cm³/mol. The number of hydrogen-bond acceptors (Lipinski definition) is 2. The second-order valence-corrected chi connectivity index (χ2v) is 5.71. The number of carboxylic acids is 2. The van der Waals surface area contributed by atoms with Crippen LogP contribution >= 0.6 is 0 Å². The maximum absolute atomic E-state index is 9.60. The van der Waals surface area contributed by atoms with E-state index in [0.717, 1.165) is 0 Å². The van der Waals surface area contributed by atoms with Crippen LogP contribution in [0, 0.1) is 0 Å². The van der Waals surface area contributed by atoms with Gasteiger partial charge in [-0.25, -0.2) is 9.59 Å². The lowest BCUT2D eigenvalue weighted by Crippen LogP contribution is -1.94. The molecule has 2 aromatic rings. The molecule has 2 rings (SSSR count). The molecule has 0 unspecified atom stereocenters. The number of carbonyl (C=O) groups is 2. The van der Waals surface area contributed by atoms with Crippen molar-refractivity contribution in [2.75, 3.05) is 0 Å². The Morgan fingerprint density at radius 2 is 0.962 bits per heavy atom. The molecule has 4 nitrogen and oxygen atoms in total. The smallest absolute Gasteiger partial charge is 0.330 e. The zero-order chi connectivity index (χ0) is 20.1. The topological polar surface area (TPSA) is 74.6 Å². The second kappa shape index (κ2) is 12.3. The molecule has 0 amide bonds. The van der Waals surface area contributed by atoms with E-state index in [1.54, 1.807) is 0 Å². The minimum Gasteiger partial charge on any atom is -0.478 e. The van der Waals surface area contributed by atoms with E-state index in [4.69, 9.17) is 10.2 Å². The van der Waals surface area contributed by atoms with Crippen molar-refractivity contribution in [1.82, 2.24) is 0 Å². The molecule has 0 fully saturated rings. The van der Waals surface area contributed by atoms with Crippen molar-refractivity contribution in [3.05, 3.63) is 96.1 Å². The SMILES string of the molecule is C=C(C)C(=O)O.C=C(C)C(=O)O.CC(c1ccccc1)c1ccccc1. The molecule has 2 aromatic carbocycles. The van der Waals surface area contributed by atoms with Gasteiger partial charge in [-0.05, 0) is 25.0 Å². The molecule has 4 heteroatoms. The van der Waals surface area contributed by atoms with Gasteiger partial charge in [-0.15, -0.1) is 0 Å². The number of hydrogen-bond donors (Lipinski definition) is 2. The molecular weight excluding hydrogens is 328 g/mol. The molecule has 0 saturated carbocycles. The molecule has 2 N–H and O–H groups in total. The minimum atomic E-state index is -0.935. The monoisotopic (exact) mass is 354 g/mol. The number of rotatable bonds is 4. The fourth-order valence-electron chi connectivity index (χ4n) is 1.68. The van der Waals surface area contributed by atoms with Gasteiger partial charge in [0, 0.05) is 17.1 Å². The second-order valence-electron chi connectivity index (χ2n) is 5.71. The molecule has 0 bridgehead atoms. The van der Waals surface area contributed by atoms with E-state index in [1.165, 1.54) is 25.0 Å². The Labute approximate surface area is 155 Å². The summed E-state index contributed by atoms with van der Waals surface area (Å²) in [5.41, 5.74) is 3.10. The molecule has 26 heavy (non-hydrogen) atoms. The summed E-state index contributed by atoms with van der Waals surface area (Å²) >= 11 is 0. The van der Waals surface area contributed by atoms with Crippen molar-refractivity contribution < 1.29 is 19.8 Å². The summed E-state index contributed by atoms with van der Waals surface area (Å²) in [6.45, 7) is 11.4. The fourth-order valence-corrected chi connectivity index (χ4v) is 1.68. The molecule has 0 aliphatic carbocycles. The maximum atomic E-state index is 9.60. The fraction of sp³-hybridized carbons (Fsp3) is 0.182. The van der Waals surface area contributed by atoms with Crippen LogP contribution in [0.15, 0.2) is 85.0 Å². The number of benzene rings is 2. The average molecular weight is 354 g/mol. The minimum absolute atomic E-state index is 0.176. The summed E-state index contributed by atoms with van der Waals surface area (Å²) in [4.78, 5) is 19.2. The van der Waals surface area contributed by atoms with Gasteiger partial charge < -0.3 is 10.2 Å². The highest BCUT2D eigenvalue weighted by Crippen LogP contribution is 2.22. The van der Waals surface area contributed by atoms with Crippen molar-refractivity contribution in [3.63, 3.8) is 0 Å². The van der Waals surface area contributed by atoms with Crippen molar-refractivity contribution in [2.45, 2.75) is 26.7 Å². The van der Waals surface area contributed by atoms with Crippen LogP contribution < -0.4 is 0 Å². The van der Waals surface area contributed by atoms with E-state index in [2.05, 4.69) is 80.7 Å². The highest BCUT2D eigenvalue weighted by molar-refractivity contribution is 5.85. The first-order valence-electron chi connectivity index (χ1n) is 8.04. The van der Waals surface area contributed by atoms with Gasteiger partial charge in [0.05, 0.1) is 0 Å². The maximum Gasteiger partial charge on any atom is 0.330 e. The van der Waals surface area contributed by atoms with Crippen molar-refractivity contribution in [1.29, 1.82) is 0 Å². The lowest BCUT2D eigenvalue weighted by molar-refractivity contribution is -0.133. The third-order valence-corrected chi connectivity index (χ3v) is 3.33. The van der Waals surface area contributed by atoms with Crippen LogP contribution in [0.2, 0.25) is 0 Å². The predicted octanol–water partition coefficient (Wildman–Crippen LogP) is 5.13. The molecular formula is C22H26O4. The molecule has 0 heterocycles. The van der Waals surface area contributed by atoms with E-state index in [-0.39, 0.29) is 11.1 Å². The summed E-state index contributed by atoms with van der Waals surface area (Å²) < 4.78 is 0. The van der Waals surface area contributed by atoms with Crippen LogP contribution in [0.1, 0.15) is 37.8 Å². The van der Waals surface area contributed by atoms with E-state index in [1.807, 2.05) is 0 Å². The lowest BCUT2D eigenvalue weighted by Gasteiger charge is -2.11. The highest BCUT2D eigenvalue weighted by atomic mass is 16.4. The van der Waals surface area contributed by atoms with E-state index in [0.29, 0.717) is 5.92 Å². The quantitative estimate of drug-likeness (QED) is 0.746. The van der Waals surface area contributed by atoms with Crippen molar-refractivity contribution in [3.8, 4) is 0 Å². The van der Waals surface area contributed by atoms with Gasteiger partial charge in [0.1, 0.15) is 0 Å². The first-order valence-corrected chi connectivity index (χ1v) is 8.04. The van der Waals surface area contributed by atoms with Crippen molar-refractivity contribution >= 4 is 11.9 Å². The third kappa shape index (κ3) is 9.88. The van der Waals surface area contributed by atoms with Gasteiger partial charge >= 0.3 is 11.9 Å². The Bertz CT molecular complexity index is 631. The van der Waals surface area contributed by atoms with Crippen LogP contribution in [0.4, 0.5) is 0 Å². The summed E-state index contributed by atoms with van der Waals surface area (Å²) in [6.07, 6.45) is 0. The Balaban J connectivity index is 0.000000437. The van der Waals surface area contributed by atoms with Crippen LogP contribution in [0.5, 0.6) is 0 Å². The summed E-state index contributed by atoms with van der Waals surface area (Å²) in [5.74, 6) is -1.39. The molecule has 0 atom stereocenters. The van der Waals surface area contributed by atoms with Crippen LogP contribution in [-0.4, -0.2) is 22.2 Å². The standard InChI is InChI=1S/C14H14.2C4H6O2/c1-12(13-8-4-2-5-9-13)14-10-6-3-7-11-14;2*1-3(2)4(5)6/h2-12H,1H3;2*1H2,2H3,(H,5,6). The molecule has 0 spiro atoms. The van der Waals surface area contributed by atoms with Gasteiger partial charge in [0.2, 0.25) is 0 Å². The van der Waals surface area contributed by atoms with Gasteiger partial charge in [0.15, 0.2) is 0 Å². The molecule has 0 radical (unpaired) electrons. The van der Waals surface area contributed by atoms with Crippen LogP contribution in [0.25, 0.3) is 0 Å². The zero-order valence-electron chi connectivity index (χ0n) is 15.5.